The Morgan fingerprint density at radius 2 is 2.11 bits per heavy atom. The molecule has 1 rings (SSSR count). The van der Waals surface area contributed by atoms with Crippen molar-refractivity contribution >= 4 is 0 Å². The van der Waals surface area contributed by atoms with Crippen LogP contribution in [0.2, 0.25) is 0 Å². The first kappa shape index (κ1) is 15.9. The monoisotopic (exact) mass is 257 g/mol. The number of rotatable bonds is 8. The molecule has 0 aromatic carbocycles. The number of nitrogens with zero attached hydrogens (tertiary/aromatic N) is 2. The van der Waals surface area contributed by atoms with E-state index in [4.69, 9.17) is 0 Å². The molecule has 0 spiro atoms. The lowest BCUT2D eigenvalue weighted by molar-refractivity contribution is 0.116. The maximum atomic E-state index is 9.94. The topological polar surface area (TPSA) is 38.7 Å². The smallest absolute Gasteiger partial charge is 0.0791 e. The predicted molar refractivity (Wildman–Crippen MR) is 76.8 cm³/mol. The number of nitrogens with one attached hydrogen (secondary N) is 1. The third-order valence-electron chi connectivity index (χ3n) is 3.51. The fourth-order valence-electron chi connectivity index (χ4n) is 2.65. The van der Waals surface area contributed by atoms with Crippen LogP contribution in [0, 0.1) is 11.8 Å². The molecule has 4 nitrogen and oxygen atoms in total. The molecule has 0 bridgehead atoms. The van der Waals surface area contributed by atoms with Gasteiger partial charge in [-0.25, -0.2) is 0 Å². The minimum atomic E-state index is -0.257. The summed E-state index contributed by atoms with van der Waals surface area (Å²) in [5, 5.41) is 13.2. The van der Waals surface area contributed by atoms with Crippen LogP contribution in [0.3, 0.4) is 0 Å². The van der Waals surface area contributed by atoms with Crippen molar-refractivity contribution in [3.05, 3.63) is 0 Å². The van der Waals surface area contributed by atoms with Gasteiger partial charge in [-0.3, -0.25) is 0 Å². The van der Waals surface area contributed by atoms with Crippen LogP contribution < -0.4 is 5.32 Å². The zero-order valence-corrected chi connectivity index (χ0v) is 12.5. The summed E-state index contributed by atoms with van der Waals surface area (Å²) >= 11 is 0. The van der Waals surface area contributed by atoms with Gasteiger partial charge in [-0.2, -0.15) is 0 Å². The molecule has 1 fully saturated rings. The third-order valence-corrected chi connectivity index (χ3v) is 3.51. The van der Waals surface area contributed by atoms with Gasteiger partial charge in [0.1, 0.15) is 0 Å². The van der Waals surface area contributed by atoms with Crippen LogP contribution in [0.15, 0.2) is 0 Å². The van der Waals surface area contributed by atoms with E-state index in [1.807, 2.05) is 0 Å². The predicted octanol–water partition coefficient (Wildman–Crippen LogP) is 0.476. The van der Waals surface area contributed by atoms with Crippen molar-refractivity contribution < 1.29 is 5.11 Å². The summed E-state index contributed by atoms with van der Waals surface area (Å²) < 4.78 is 0. The maximum Gasteiger partial charge on any atom is 0.0791 e. The fourth-order valence-corrected chi connectivity index (χ4v) is 2.65. The van der Waals surface area contributed by atoms with Crippen molar-refractivity contribution in [3.8, 4) is 0 Å². The second-order valence-electron chi connectivity index (χ2n) is 6.34. The molecule has 2 unspecified atom stereocenters. The number of hydrogen-bond donors (Lipinski definition) is 2. The summed E-state index contributed by atoms with van der Waals surface area (Å²) in [7, 11) is 4.30. The van der Waals surface area contributed by atoms with Gasteiger partial charge in [-0.05, 0) is 45.4 Å². The highest BCUT2D eigenvalue weighted by atomic mass is 16.3. The highest BCUT2D eigenvalue weighted by Gasteiger charge is 2.21. The highest BCUT2D eigenvalue weighted by Crippen LogP contribution is 2.15. The second kappa shape index (κ2) is 8.10. The minimum Gasteiger partial charge on any atom is -0.390 e. The van der Waals surface area contributed by atoms with Crippen molar-refractivity contribution in [2.45, 2.75) is 26.4 Å². The summed E-state index contributed by atoms with van der Waals surface area (Å²) in [6.45, 7) is 10.3. The van der Waals surface area contributed by atoms with Crippen molar-refractivity contribution in [1.82, 2.24) is 15.1 Å². The quantitative estimate of drug-likeness (QED) is 0.663. The Morgan fingerprint density at radius 3 is 2.67 bits per heavy atom. The molecule has 0 saturated carbocycles. The Labute approximate surface area is 112 Å². The SMILES string of the molecule is CC(C)CNCC(O)CN(C)CC1CCN(C)C1. The lowest BCUT2D eigenvalue weighted by Gasteiger charge is -2.24. The molecule has 1 saturated heterocycles. The van der Waals surface area contributed by atoms with Crippen LogP contribution in [-0.2, 0) is 0 Å². The van der Waals surface area contributed by atoms with E-state index in [0.717, 1.165) is 25.6 Å². The molecule has 0 amide bonds. The van der Waals surface area contributed by atoms with E-state index < -0.39 is 0 Å². The first-order valence-electron chi connectivity index (χ1n) is 7.23. The first-order chi connectivity index (χ1) is 8.47. The minimum absolute atomic E-state index is 0.257. The van der Waals surface area contributed by atoms with E-state index >= 15 is 0 Å². The normalized spacial score (nSPS) is 23.2. The Kier molecular flexibility index (Phi) is 7.15. The van der Waals surface area contributed by atoms with Gasteiger partial charge in [-0.15, -0.1) is 0 Å². The van der Waals surface area contributed by atoms with Gasteiger partial charge >= 0.3 is 0 Å². The van der Waals surface area contributed by atoms with Crippen LogP contribution >= 0.6 is 0 Å². The average molecular weight is 257 g/mol. The molecule has 4 heteroatoms. The van der Waals surface area contributed by atoms with E-state index in [9.17, 15) is 5.11 Å². The first-order valence-corrected chi connectivity index (χ1v) is 7.23. The summed E-state index contributed by atoms with van der Waals surface area (Å²) in [6, 6.07) is 0. The number of likely N-dealkylation sites (tertiary alicyclic amines) is 1. The number of aliphatic hydroxyl groups excluding tert-OH is 1. The van der Waals surface area contributed by atoms with Crippen LogP contribution in [0.4, 0.5) is 0 Å². The Balaban J connectivity index is 2.09. The zero-order chi connectivity index (χ0) is 13.5. The number of likely N-dealkylation sites (N-methyl/N-ethyl adjacent to an activating group) is 1. The van der Waals surface area contributed by atoms with Crippen molar-refractivity contribution in [3.63, 3.8) is 0 Å². The van der Waals surface area contributed by atoms with Gasteiger partial charge in [0.2, 0.25) is 0 Å². The van der Waals surface area contributed by atoms with Crippen LogP contribution in [-0.4, -0.2) is 74.4 Å². The summed E-state index contributed by atoms with van der Waals surface area (Å²) in [5.41, 5.74) is 0. The van der Waals surface area contributed by atoms with Gasteiger partial charge < -0.3 is 20.2 Å². The molecule has 0 aromatic rings. The molecule has 108 valence electrons. The second-order valence-corrected chi connectivity index (χ2v) is 6.34. The molecule has 18 heavy (non-hydrogen) atoms. The van der Waals surface area contributed by atoms with Crippen LogP contribution in [0.5, 0.6) is 0 Å². The molecule has 0 aromatic heterocycles. The largest absolute Gasteiger partial charge is 0.390 e. The summed E-state index contributed by atoms with van der Waals surface area (Å²) in [4.78, 5) is 4.66. The molecule has 1 aliphatic heterocycles. The van der Waals surface area contributed by atoms with Gasteiger partial charge in [0.05, 0.1) is 6.10 Å². The van der Waals surface area contributed by atoms with Crippen molar-refractivity contribution in [1.29, 1.82) is 0 Å². The van der Waals surface area contributed by atoms with E-state index in [0.29, 0.717) is 12.5 Å². The fraction of sp³-hybridized carbons (Fsp3) is 1.00. The summed E-state index contributed by atoms with van der Waals surface area (Å²) in [5.74, 6) is 1.42. The van der Waals surface area contributed by atoms with Gasteiger partial charge in [0.15, 0.2) is 0 Å². The highest BCUT2D eigenvalue weighted by molar-refractivity contribution is 4.76. The van der Waals surface area contributed by atoms with E-state index in [1.54, 1.807) is 0 Å². The molecule has 1 aliphatic rings. The van der Waals surface area contributed by atoms with Gasteiger partial charge in [0, 0.05) is 26.2 Å². The average Bonchev–Trinajstić information content (AvgIpc) is 2.62. The Hall–Kier alpha value is -0.160. The molecule has 2 N–H and O–H groups in total. The standard InChI is InChI=1S/C14H31N3O/c1-12(2)7-15-8-14(18)11-17(4)10-13-5-6-16(3)9-13/h12-15,18H,5-11H2,1-4H3. The van der Waals surface area contributed by atoms with Crippen molar-refractivity contribution in [2.75, 3.05) is 53.4 Å². The van der Waals surface area contributed by atoms with Gasteiger partial charge in [0.25, 0.3) is 0 Å². The lowest BCUT2D eigenvalue weighted by Crippen LogP contribution is -2.39. The number of hydrogen-bond acceptors (Lipinski definition) is 4. The molecule has 0 aliphatic carbocycles. The zero-order valence-electron chi connectivity index (χ0n) is 12.5. The number of aliphatic hydroxyl groups is 1. The summed E-state index contributed by atoms with van der Waals surface area (Å²) in [6.07, 6.45) is 1.04. The molecular formula is C14H31N3O. The van der Waals surface area contributed by atoms with E-state index in [2.05, 4.69) is 43.1 Å². The van der Waals surface area contributed by atoms with Crippen LogP contribution in [0.1, 0.15) is 20.3 Å². The Morgan fingerprint density at radius 1 is 1.39 bits per heavy atom. The molecular weight excluding hydrogens is 226 g/mol. The third kappa shape index (κ3) is 6.69. The van der Waals surface area contributed by atoms with E-state index in [1.165, 1.54) is 19.5 Å². The maximum absolute atomic E-state index is 9.94. The molecule has 0 radical (unpaired) electrons. The van der Waals surface area contributed by atoms with E-state index in [-0.39, 0.29) is 6.10 Å². The lowest BCUT2D eigenvalue weighted by atomic mass is 10.1. The molecule has 2 atom stereocenters. The Bertz CT molecular complexity index is 223. The molecule has 1 heterocycles. The van der Waals surface area contributed by atoms with Gasteiger partial charge in [-0.1, -0.05) is 13.8 Å². The van der Waals surface area contributed by atoms with Crippen molar-refractivity contribution in [2.24, 2.45) is 11.8 Å². The van der Waals surface area contributed by atoms with Crippen LogP contribution in [0.25, 0.3) is 0 Å².